The molecule has 3 aromatic rings. The number of hydrogen-bond acceptors (Lipinski definition) is 5. The second kappa shape index (κ2) is 7.77. The maximum atomic E-state index is 12.6. The SMILES string of the molecule is CN(CCCc1nccn1C)C(=O)c1ccc(-c2cnc(N)nc2)cc1. The van der Waals surface area contributed by atoms with Gasteiger partial charge in [-0.15, -0.1) is 0 Å². The van der Waals surface area contributed by atoms with E-state index in [-0.39, 0.29) is 11.9 Å². The molecule has 0 saturated heterocycles. The van der Waals surface area contributed by atoms with Crippen molar-refractivity contribution in [3.05, 3.63) is 60.4 Å². The van der Waals surface area contributed by atoms with Crippen LogP contribution in [0.1, 0.15) is 22.6 Å². The van der Waals surface area contributed by atoms with Crippen LogP contribution in [-0.4, -0.2) is 43.9 Å². The number of carbonyl (C=O) groups is 1. The van der Waals surface area contributed by atoms with Gasteiger partial charge in [-0.3, -0.25) is 4.79 Å². The quantitative estimate of drug-likeness (QED) is 0.736. The van der Waals surface area contributed by atoms with E-state index in [4.69, 9.17) is 5.73 Å². The van der Waals surface area contributed by atoms with Gasteiger partial charge in [0.1, 0.15) is 5.82 Å². The zero-order chi connectivity index (χ0) is 18.5. The van der Waals surface area contributed by atoms with Crippen LogP contribution in [0, 0.1) is 0 Å². The van der Waals surface area contributed by atoms with Crippen LogP contribution >= 0.6 is 0 Å². The summed E-state index contributed by atoms with van der Waals surface area (Å²) < 4.78 is 2.00. The third-order valence-electron chi connectivity index (χ3n) is 4.30. The molecule has 7 heteroatoms. The lowest BCUT2D eigenvalue weighted by atomic mass is 10.1. The zero-order valence-electron chi connectivity index (χ0n) is 15.0. The molecule has 0 aliphatic carbocycles. The Labute approximate surface area is 152 Å². The van der Waals surface area contributed by atoms with E-state index >= 15 is 0 Å². The van der Waals surface area contributed by atoms with Gasteiger partial charge in [0.05, 0.1) is 0 Å². The molecule has 2 heterocycles. The van der Waals surface area contributed by atoms with Crippen LogP contribution in [0.2, 0.25) is 0 Å². The summed E-state index contributed by atoms with van der Waals surface area (Å²) in [4.78, 5) is 26.6. The number of nitrogens with zero attached hydrogens (tertiary/aromatic N) is 5. The molecule has 134 valence electrons. The Balaban J connectivity index is 1.58. The first kappa shape index (κ1) is 17.6. The molecule has 0 fully saturated rings. The van der Waals surface area contributed by atoms with Crippen LogP contribution in [0.15, 0.2) is 49.1 Å². The maximum Gasteiger partial charge on any atom is 0.253 e. The Morgan fingerprint density at radius 1 is 1.12 bits per heavy atom. The number of aromatic nitrogens is 4. The molecule has 0 aliphatic heterocycles. The van der Waals surface area contributed by atoms with Crippen molar-refractivity contribution in [2.45, 2.75) is 12.8 Å². The minimum Gasteiger partial charge on any atom is -0.368 e. The van der Waals surface area contributed by atoms with Crippen LogP contribution in [0.4, 0.5) is 5.95 Å². The molecule has 26 heavy (non-hydrogen) atoms. The summed E-state index contributed by atoms with van der Waals surface area (Å²) in [5.74, 6) is 1.28. The van der Waals surface area contributed by atoms with Crippen molar-refractivity contribution in [1.82, 2.24) is 24.4 Å². The van der Waals surface area contributed by atoms with Gasteiger partial charge in [-0.1, -0.05) is 12.1 Å². The number of anilines is 1. The third kappa shape index (κ3) is 4.05. The standard InChI is InChI=1S/C19H22N6O/c1-24-11-9-21-17(24)4-3-10-25(2)18(26)15-7-5-14(6-8-15)16-12-22-19(20)23-13-16/h5-9,11-13H,3-4,10H2,1-2H3,(H2,20,22,23). The average molecular weight is 350 g/mol. The normalized spacial score (nSPS) is 10.7. The molecule has 3 rings (SSSR count). The summed E-state index contributed by atoms with van der Waals surface area (Å²) in [6.07, 6.45) is 8.77. The lowest BCUT2D eigenvalue weighted by Crippen LogP contribution is -2.28. The minimum atomic E-state index is 0.00458. The number of carbonyl (C=O) groups excluding carboxylic acids is 1. The first-order valence-electron chi connectivity index (χ1n) is 8.44. The first-order chi connectivity index (χ1) is 12.5. The number of imidazole rings is 1. The van der Waals surface area contributed by atoms with Gasteiger partial charge in [-0.2, -0.15) is 0 Å². The van der Waals surface area contributed by atoms with Crippen LogP contribution in [0.3, 0.4) is 0 Å². The molecular formula is C19H22N6O. The van der Waals surface area contributed by atoms with Gasteiger partial charge in [0.2, 0.25) is 5.95 Å². The molecule has 0 aliphatic rings. The second-order valence-electron chi connectivity index (χ2n) is 6.19. The van der Waals surface area contributed by atoms with Crippen molar-refractivity contribution < 1.29 is 4.79 Å². The summed E-state index contributed by atoms with van der Waals surface area (Å²) in [6.45, 7) is 0.680. The Hall–Kier alpha value is -3.22. The lowest BCUT2D eigenvalue weighted by Gasteiger charge is -2.17. The van der Waals surface area contributed by atoms with Crippen molar-refractivity contribution in [2.24, 2.45) is 7.05 Å². The van der Waals surface area contributed by atoms with E-state index in [0.717, 1.165) is 29.8 Å². The molecule has 0 unspecified atom stereocenters. The largest absolute Gasteiger partial charge is 0.368 e. The summed E-state index contributed by atoms with van der Waals surface area (Å²) in [6, 6.07) is 7.43. The smallest absolute Gasteiger partial charge is 0.253 e. The Morgan fingerprint density at radius 3 is 2.42 bits per heavy atom. The number of nitrogen functional groups attached to an aromatic ring is 1. The predicted octanol–water partition coefficient (Wildman–Crippen LogP) is 2.16. The van der Waals surface area contributed by atoms with Gasteiger partial charge in [-0.05, 0) is 24.1 Å². The summed E-state index contributed by atoms with van der Waals surface area (Å²) in [5.41, 5.74) is 7.97. The van der Waals surface area contributed by atoms with Gasteiger partial charge in [0.15, 0.2) is 0 Å². The van der Waals surface area contributed by atoms with Crippen molar-refractivity contribution in [1.29, 1.82) is 0 Å². The van der Waals surface area contributed by atoms with E-state index in [9.17, 15) is 4.79 Å². The van der Waals surface area contributed by atoms with Gasteiger partial charge in [0, 0.05) is 63.0 Å². The summed E-state index contributed by atoms with van der Waals surface area (Å²) in [5, 5.41) is 0. The summed E-state index contributed by atoms with van der Waals surface area (Å²) >= 11 is 0. The topological polar surface area (TPSA) is 89.9 Å². The molecular weight excluding hydrogens is 328 g/mol. The average Bonchev–Trinajstić information content (AvgIpc) is 3.07. The fraction of sp³-hybridized carbons (Fsp3) is 0.263. The number of amides is 1. The molecule has 2 aromatic heterocycles. The second-order valence-corrected chi connectivity index (χ2v) is 6.19. The minimum absolute atomic E-state index is 0.00458. The van der Waals surface area contributed by atoms with Crippen LogP contribution in [0.5, 0.6) is 0 Å². The Morgan fingerprint density at radius 2 is 1.81 bits per heavy atom. The van der Waals surface area contributed by atoms with Crippen molar-refractivity contribution in [3.63, 3.8) is 0 Å². The maximum absolute atomic E-state index is 12.6. The van der Waals surface area contributed by atoms with E-state index in [1.165, 1.54) is 0 Å². The van der Waals surface area contributed by atoms with Crippen molar-refractivity contribution in [2.75, 3.05) is 19.3 Å². The van der Waals surface area contributed by atoms with E-state index in [1.54, 1.807) is 23.5 Å². The van der Waals surface area contributed by atoms with Gasteiger partial charge < -0.3 is 15.2 Å². The van der Waals surface area contributed by atoms with Crippen LogP contribution < -0.4 is 5.73 Å². The highest BCUT2D eigenvalue weighted by Crippen LogP contribution is 2.19. The molecule has 1 amide bonds. The van der Waals surface area contributed by atoms with Gasteiger partial charge in [0.25, 0.3) is 5.91 Å². The number of benzene rings is 1. The highest BCUT2D eigenvalue weighted by atomic mass is 16.2. The molecule has 0 bridgehead atoms. The number of aryl methyl sites for hydroxylation is 2. The van der Waals surface area contributed by atoms with Gasteiger partial charge in [-0.25, -0.2) is 15.0 Å². The fourth-order valence-corrected chi connectivity index (χ4v) is 2.73. The number of hydrogen-bond donors (Lipinski definition) is 1. The Bertz CT molecular complexity index is 870. The highest BCUT2D eigenvalue weighted by molar-refractivity contribution is 5.94. The molecule has 0 radical (unpaired) electrons. The predicted molar refractivity (Wildman–Crippen MR) is 100 cm³/mol. The zero-order valence-corrected chi connectivity index (χ0v) is 15.0. The number of nitrogens with two attached hydrogens (primary N) is 1. The first-order valence-corrected chi connectivity index (χ1v) is 8.44. The van der Waals surface area contributed by atoms with E-state index in [1.807, 2.05) is 49.1 Å². The molecule has 0 saturated carbocycles. The molecule has 2 N–H and O–H groups in total. The molecule has 0 atom stereocenters. The van der Waals surface area contributed by atoms with E-state index in [0.29, 0.717) is 12.1 Å². The summed E-state index contributed by atoms with van der Waals surface area (Å²) in [7, 11) is 3.80. The monoisotopic (exact) mass is 350 g/mol. The highest BCUT2D eigenvalue weighted by Gasteiger charge is 2.12. The van der Waals surface area contributed by atoms with Crippen LogP contribution in [0.25, 0.3) is 11.1 Å². The Kier molecular flexibility index (Phi) is 5.26. The molecule has 1 aromatic carbocycles. The van der Waals surface area contributed by atoms with E-state index < -0.39 is 0 Å². The lowest BCUT2D eigenvalue weighted by molar-refractivity contribution is 0.0793. The van der Waals surface area contributed by atoms with Crippen molar-refractivity contribution in [3.8, 4) is 11.1 Å². The number of rotatable bonds is 6. The molecule has 7 nitrogen and oxygen atoms in total. The van der Waals surface area contributed by atoms with Crippen molar-refractivity contribution >= 4 is 11.9 Å². The fourth-order valence-electron chi connectivity index (χ4n) is 2.73. The molecule has 0 spiro atoms. The van der Waals surface area contributed by atoms with Crippen LogP contribution in [-0.2, 0) is 13.5 Å². The third-order valence-corrected chi connectivity index (χ3v) is 4.30. The van der Waals surface area contributed by atoms with Gasteiger partial charge >= 0.3 is 0 Å². The van der Waals surface area contributed by atoms with E-state index in [2.05, 4.69) is 15.0 Å².